The lowest BCUT2D eigenvalue weighted by Gasteiger charge is -2.11. The normalized spacial score (nSPS) is 14.1. The van der Waals surface area contributed by atoms with Gasteiger partial charge in [-0.3, -0.25) is 14.4 Å². The molecule has 1 aliphatic heterocycles. The van der Waals surface area contributed by atoms with E-state index in [1.165, 1.54) is 6.33 Å². The van der Waals surface area contributed by atoms with Crippen molar-refractivity contribution in [2.75, 3.05) is 0 Å². The van der Waals surface area contributed by atoms with E-state index in [0.717, 1.165) is 5.06 Å². The predicted molar refractivity (Wildman–Crippen MR) is 60.3 cm³/mol. The molecule has 2 aromatic rings. The van der Waals surface area contributed by atoms with Crippen molar-refractivity contribution in [3.8, 4) is 0 Å². The van der Waals surface area contributed by atoms with Gasteiger partial charge in [0.2, 0.25) is 0 Å². The number of rotatable bonds is 3. The Kier molecular flexibility index (Phi) is 2.42. The summed E-state index contributed by atoms with van der Waals surface area (Å²) in [4.78, 5) is 35.8. The molecule has 0 aliphatic carbocycles. The van der Waals surface area contributed by atoms with Gasteiger partial charge in [-0.2, -0.15) is 0 Å². The monoisotopic (exact) mass is 243 g/mol. The van der Waals surface area contributed by atoms with Crippen molar-refractivity contribution in [1.82, 2.24) is 15.0 Å². The highest BCUT2D eigenvalue weighted by Gasteiger charge is 2.36. The minimum atomic E-state index is -0.439. The summed E-state index contributed by atoms with van der Waals surface area (Å²) in [5.41, 5.74) is 1.35. The molecule has 0 spiro atoms. The van der Waals surface area contributed by atoms with E-state index < -0.39 is 11.8 Å². The Hall–Kier alpha value is -2.47. The average Bonchev–Trinajstić information content (AvgIpc) is 2.98. The van der Waals surface area contributed by atoms with Gasteiger partial charge >= 0.3 is 0 Å². The van der Waals surface area contributed by atoms with Crippen LogP contribution in [0, 0.1) is 0 Å². The third kappa shape index (κ3) is 1.59. The molecule has 0 atom stereocenters. The molecule has 90 valence electrons. The van der Waals surface area contributed by atoms with Crippen molar-refractivity contribution >= 4 is 11.8 Å². The number of nitrogens with zero attached hydrogens (tertiary/aromatic N) is 2. The van der Waals surface area contributed by atoms with Gasteiger partial charge in [-0.15, -0.1) is 5.06 Å². The van der Waals surface area contributed by atoms with Crippen molar-refractivity contribution in [2.24, 2.45) is 0 Å². The number of aromatic amines is 1. The Balaban J connectivity index is 1.80. The van der Waals surface area contributed by atoms with E-state index in [1.54, 1.807) is 30.5 Å². The van der Waals surface area contributed by atoms with E-state index in [-0.39, 0.29) is 6.61 Å². The van der Waals surface area contributed by atoms with Gasteiger partial charge in [-0.1, -0.05) is 12.1 Å². The van der Waals surface area contributed by atoms with Crippen molar-refractivity contribution in [3.63, 3.8) is 0 Å². The van der Waals surface area contributed by atoms with E-state index in [2.05, 4.69) is 9.97 Å². The van der Waals surface area contributed by atoms with Crippen LogP contribution in [0.4, 0.5) is 0 Å². The maximum absolute atomic E-state index is 11.9. The minimum Gasteiger partial charge on any atom is -0.351 e. The second-order valence-electron chi connectivity index (χ2n) is 3.78. The van der Waals surface area contributed by atoms with Gasteiger partial charge in [0.1, 0.15) is 6.61 Å². The molecule has 6 nitrogen and oxygen atoms in total. The van der Waals surface area contributed by atoms with Crippen LogP contribution >= 0.6 is 0 Å². The van der Waals surface area contributed by atoms with Crippen LogP contribution in [0.15, 0.2) is 36.8 Å². The summed E-state index contributed by atoms with van der Waals surface area (Å²) in [6.45, 7) is 0.0645. The summed E-state index contributed by atoms with van der Waals surface area (Å²) in [5, 5.41) is 0.777. The smallest absolute Gasteiger partial charge is 0.285 e. The molecule has 1 aromatic heterocycles. The van der Waals surface area contributed by atoms with Crippen LogP contribution in [0.3, 0.4) is 0 Å². The number of imidazole rings is 1. The van der Waals surface area contributed by atoms with Crippen LogP contribution in [-0.4, -0.2) is 26.8 Å². The summed E-state index contributed by atoms with van der Waals surface area (Å²) in [5.74, 6) is -0.878. The first-order chi connectivity index (χ1) is 8.77. The zero-order chi connectivity index (χ0) is 12.5. The number of carbonyl (C=O) groups excluding carboxylic acids is 2. The van der Waals surface area contributed by atoms with Gasteiger partial charge in [0.05, 0.1) is 23.1 Å². The molecule has 0 saturated heterocycles. The van der Waals surface area contributed by atoms with E-state index >= 15 is 0 Å². The molecular weight excluding hydrogens is 234 g/mol. The molecule has 2 heterocycles. The number of hydrogen-bond donors (Lipinski definition) is 1. The molecule has 1 aromatic carbocycles. The fourth-order valence-corrected chi connectivity index (χ4v) is 1.78. The number of imide groups is 1. The van der Waals surface area contributed by atoms with Gasteiger partial charge in [0.25, 0.3) is 11.8 Å². The molecule has 2 amide bonds. The number of benzene rings is 1. The fraction of sp³-hybridized carbons (Fsp3) is 0.0833. The van der Waals surface area contributed by atoms with E-state index in [0.29, 0.717) is 16.8 Å². The molecule has 18 heavy (non-hydrogen) atoms. The number of hydroxylamine groups is 2. The van der Waals surface area contributed by atoms with Gasteiger partial charge in [-0.05, 0) is 12.1 Å². The van der Waals surface area contributed by atoms with Crippen molar-refractivity contribution in [2.45, 2.75) is 6.61 Å². The number of carbonyl (C=O) groups is 2. The third-order valence-electron chi connectivity index (χ3n) is 2.65. The molecule has 0 saturated carbocycles. The number of H-pyrrole nitrogens is 1. The second-order valence-corrected chi connectivity index (χ2v) is 3.78. The van der Waals surface area contributed by atoms with Crippen LogP contribution in [0.5, 0.6) is 0 Å². The van der Waals surface area contributed by atoms with Crippen molar-refractivity contribution < 1.29 is 14.4 Å². The van der Waals surface area contributed by atoms with Crippen molar-refractivity contribution in [1.29, 1.82) is 0 Å². The molecule has 0 radical (unpaired) electrons. The topological polar surface area (TPSA) is 75.3 Å². The van der Waals surface area contributed by atoms with Crippen LogP contribution < -0.4 is 0 Å². The Morgan fingerprint density at radius 3 is 2.39 bits per heavy atom. The summed E-state index contributed by atoms with van der Waals surface area (Å²) < 4.78 is 0. The SMILES string of the molecule is O=C1c2ccccc2C(=O)N1OCc1c[nH]cn1. The molecule has 1 N–H and O–H groups in total. The highest BCUT2D eigenvalue weighted by atomic mass is 16.7. The Bertz CT molecular complexity index is 572. The fourth-order valence-electron chi connectivity index (χ4n) is 1.78. The average molecular weight is 243 g/mol. The lowest BCUT2D eigenvalue weighted by molar-refractivity contribution is -0.101. The number of hydrogen-bond acceptors (Lipinski definition) is 4. The molecule has 3 rings (SSSR count). The van der Waals surface area contributed by atoms with Gasteiger partial charge in [-0.25, -0.2) is 4.98 Å². The largest absolute Gasteiger partial charge is 0.351 e. The Labute approximate surface area is 102 Å². The molecule has 6 heteroatoms. The lowest BCUT2D eigenvalue weighted by Crippen LogP contribution is -2.29. The van der Waals surface area contributed by atoms with E-state index in [4.69, 9.17) is 4.84 Å². The summed E-state index contributed by atoms with van der Waals surface area (Å²) >= 11 is 0. The standard InChI is InChI=1S/C12H9N3O3/c16-11-9-3-1-2-4-10(9)12(17)15(11)18-6-8-5-13-7-14-8/h1-5,7H,6H2,(H,13,14). The first kappa shape index (κ1) is 10.7. The van der Waals surface area contributed by atoms with E-state index in [9.17, 15) is 9.59 Å². The highest BCUT2D eigenvalue weighted by Crippen LogP contribution is 2.22. The maximum Gasteiger partial charge on any atom is 0.285 e. The van der Waals surface area contributed by atoms with Gasteiger partial charge in [0.15, 0.2) is 0 Å². The maximum atomic E-state index is 11.9. The molecule has 0 fully saturated rings. The van der Waals surface area contributed by atoms with Crippen LogP contribution in [-0.2, 0) is 11.4 Å². The first-order valence-corrected chi connectivity index (χ1v) is 5.36. The third-order valence-corrected chi connectivity index (χ3v) is 2.65. The second kappa shape index (κ2) is 4.08. The Morgan fingerprint density at radius 1 is 1.17 bits per heavy atom. The number of fused-ring (bicyclic) bond motifs is 1. The Morgan fingerprint density at radius 2 is 1.83 bits per heavy atom. The van der Waals surface area contributed by atoms with Crippen LogP contribution in [0.25, 0.3) is 0 Å². The molecule has 1 aliphatic rings. The molecular formula is C12H9N3O3. The van der Waals surface area contributed by atoms with Crippen LogP contribution in [0.1, 0.15) is 26.4 Å². The first-order valence-electron chi connectivity index (χ1n) is 5.36. The molecule has 0 bridgehead atoms. The number of aromatic nitrogens is 2. The summed E-state index contributed by atoms with van der Waals surface area (Å²) in [6.07, 6.45) is 3.14. The number of amides is 2. The zero-order valence-corrected chi connectivity index (χ0v) is 9.29. The summed E-state index contributed by atoms with van der Waals surface area (Å²) in [6, 6.07) is 6.63. The van der Waals surface area contributed by atoms with Crippen LogP contribution in [0.2, 0.25) is 0 Å². The molecule has 0 unspecified atom stereocenters. The number of nitrogens with one attached hydrogen (secondary N) is 1. The zero-order valence-electron chi connectivity index (χ0n) is 9.29. The van der Waals surface area contributed by atoms with Crippen molar-refractivity contribution in [3.05, 3.63) is 53.6 Å². The van der Waals surface area contributed by atoms with Gasteiger partial charge < -0.3 is 4.98 Å². The predicted octanol–water partition coefficient (Wildman–Crippen LogP) is 1.14. The van der Waals surface area contributed by atoms with E-state index in [1.807, 2.05) is 0 Å². The van der Waals surface area contributed by atoms with Gasteiger partial charge in [0, 0.05) is 6.20 Å². The lowest BCUT2D eigenvalue weighted by atomic mass is 10.1. The highest BCUT2D eigenvalue weighted by molar-refractivity contribution is 6.20. The minimum absolute atomic E-state index is 0.0645. The summed E-state index contributed by atoms with van der Waals surface area (Å²) in [7, 11) is 0. The quantitative estimate of drug-likeness (QED) is 0.820.